The van der Waals surface area contributed by atoms with E-state index in [-0.39, 0.29) is 12.4 Å². The molecule has 2 atom stereocenters. The molecule has 2 aromatic rings. The summed E-state index contributed by atoms with van der Waals surface area (Å²) in [6.45, 7) is 4.49. The summed E-state index contributed by atoms with van der Waals surface area (Å²) < 4.78 is 11.5. The van der Waals surface area contributed by atoms with E-state index >= 15 is 0 Å². The molecule has 27 heavy (non-hydrogen) atoms. The molecule has 2 saturated heterocycles. The van der Waals surface area contributed by atoms with Gasteiger partial charge >= 0.3 is 0 Å². The first-order chi connectivity index (χ1) is 13.1. The van der Waals surface area contributed by atoms with Crippen molar-refractivity contribution in [3.8, 4) is 6.07 Å². The van der Waals surface area contributed by atoms with Gasteiger partial charge in [-0.25, -0.2) is 0 Å². The standard InChI is InChI=1S/C22H22N2O3/c1-17-7-9-18(10-8-17)20(25)22(19-5-3-2-4-6-19)21(15-23,16-27-22)24-11-13-26-14-12-24/h2-10H,11-14,16H2,1H3/t21-,22+/m0/s1. The molecule has 5 nitrogen and oxygen atoms in total. The second-order valence-corrected chi connectivity index (χ2v) is 7.10. The van der Waals surface area contributed by atoms with Crippen molar-refractivity contribution in [2.24, 2.45) is 0 Å². The number of Topliss-reactive ketones (excluding diaryl/α,β-unsaturated/α-hetero) is 1. The molecule has 0 N–H and O–H groups in total. The average molecular weight is 362 g/mol. The van der Waals surface area contributed by atoms with E-state index < -0.39 is 11.1 Å². The zero-order chi connectivity index (χ0) is 18.9. The number of carbonyl (C=O) groups is 1. The third kappa shape index (κ3) is 2.61. The highest BCUT2D eigenvalue weighted by molar-refractivity contribution is 6.05. The van der Waals surface area contributed by atoms with Crippen LogP contribution in [0.4, 0.5) is 0 Å². The van der Waals surface area contributed by atoms with E-state index in [2.05, 4.69) is 11.0 Å². The predicted octanol–water partition coefficient (Wildman–Crippen LogP) is 2.70. The van der Waals surface area contributed by atoms with Gasteiger partial charge in [0.1, 0.15) is 0 Å². The fraction of sp³-hybridized carbons (Fsp3) is 0.364. The number of benzene rings is 2. The predicted molar refractivity (Wildman–Crippen MR) is 100 cm³/mol. The number of hydrogen-bond acceptors (Lipinski definition) is 5. The molecule has 2 aliphatic heterocycles. The van der Waals surface area contributed by atoms with Gasteiger partial charge in [-0.1, -0.05) is 60.2 Å². The molecule has 2 aliphatic rings. The molecule has 2 aromatic carbocycles. The Morgan fingerprint density at radius 2 is 1.74 bits per heavy atom. The maximum atomic E-state index is 13.7. The molecule has 0 radical (unpaired) electrons. The Balaban J connectivity index is 1.86. The Hall–Kier alpha value is -2.52. The molecule has 0 spiro atoms. The monoisotopic (exact) mass is 362 g/mol. The molecular formula is C22H22N2O3. The minimum atomic E-state index is -1.34. The molecule has 2 heterocycles. The Bertz CT molecular complexity index is 869. The summed E-state index contributed by atoms with van der Waals surface area (Å²) in [5.41, 5.74) is -0.0307. The topological polar surface area (TPSA) is 62.6 Å². The first-order valence-corrected chi connectivity index (χ1v) is 9.19. The van der Waals surface area contributed by atoms with Crippen molar-refractivity contribution >= 4 is 5.78 Å². The summed E-state index contributed by atoms with van der Waals surface area (Å²) >= 11 is 0. The highest BCUT2D eigenvalue weighted by Crippen LogP contribution is 2.51. The van der Waals surface area contributed by atoms with E-state index in [0.29, 0.717) is 31.9 Å². The Labute approximate surface area is 159 Å². The van der Waals surface area contributed by atoms with Crippen molar-refractivity contribution in [2.75, 3.05) is 32.9 Å². The van der Waals surface area contributed by atoms with Gasteiger partial charge in [-0.3, -0.25) is 9.69 Å². The number of nitriles is 1. The van der Waals surface area contributed by atoms with Crippen LogP contribution in [0.5, 0.6) is 0 Å². The van der Waals surface area contributed by atoms with Crippen LogP contribution in [0.1, 0.15) is 21.5 Å². The van der Waals surface area contributed by atoms with Crippen LogP contribution in [-0.2, 0) is 15.1 Å². The molecule has 2 fully saturated rings. The Morgan fingerprint density at radius 1 is 1.07 bits per heavy atom. The molecule has 138 valence electrons. The lowest BCUT2D eigenvalue weighted by atomic mass is 9.66. The summed E-state index contributed by atoms with van der Waals surface area (Å²) in [4.78, 5) is 15.8. The van der Waals surface area contributed by atoms with E-state index in [4.69, 9.17) is 9.47 Å². The van der Waals surface area contributed by atoms with Gasteiger partial charge in [-0.05, 0) is 12.5 Å². The van der Waals surface area contributed by atoms with Crippen LogP contribution in [0.3, 0.4) is 0 Å². The van der Waals surface area contributed by atoms with E-state index in [9.17, 15) is 10.1 Å². The van der Waals surface area contributed by atoms with Crippen LogP contribution in [-0.4, -0.2) is 49.1 Å². The van der Waals surface area contributed by atoms with Crippen molar-refractivity contribution in [3.63, 3.8) is 0 Å². The molecule has 0 unspecified atom stereocenters. The first kappa shape index (κ1) is 17.9. The lowest BCUT2D eigenvalue weighted by Crippen LogP contribution is -2.77. The summed E-state index contributed by atoms with van der Waals surface area (Å²) in [6.07, 6.45) is 0. The van der Waals surface area contributed by atoms with Gasteiger partial charge in [-0.2, -0.15) is 5.26 Å². The van der Waals surface area contributed by atoms with Crippen LogP contribution in [0.25, 0.3) is 0 Å². The molecule has 0 bridgehead atoms. The SMILES string of the molecule is Cc1ccc(C(=O)[C@@]2(c3ccccc3)OC[C@]2(C#N)N2CCOCC2)cc1. The van der Waals surface area contributed by atoms with Crippen molar-refractivity contribution < 1.29 is 14.3 Å². The maximum Gasteiger partial charge on any atom is 0.202 e. The molecule has 0 saturated carbocycles. The number of ketones is 1. The fourth-order valence-electron chi connectivity index (χ4n) is 4.08. The summed E-state index contributed by atoms with van der Waals surface area (Å²) in [5.74, 6) is -0.173. The average Bonchev–Trinajstić information content (AvgIpc) is 2.70. The Morgan fingerprint density at radius 3 is 2.30 bits per heavy atom. The normalized spacial score (nSPS) is 28.1. The van der Waals surface area contributed by atoms with E-state index in [1.54, 1.807) is 0 Å². The molecule has 0 amide bonds. The van der Waals surface area contributed by atoms with Gasteiger partial charge in [0, 0.05) is 18.7 Å². The number of aryl methyl sites for hydroxylation is 1. The van der Waals surface area contributed by atoms with Gasteiger partial charge < -0.3 is 9.47 Å². The molecule has 0 aliphatic carbocycles. The van der Waals surface area contributed by atoms with Crippen LogP contribution in [0, 0.1) is 18.3 Å². The third-order valence-electron chi connectivity index (χ3n) is 5.63. The highest BCUT2D eigenvalue weighted by atomic mass is 16.5. The molecule has 5 heteroatoms. The number of ether oxygens (including phenoxy) is 2. The number of hydrogen-bond donors (Lipinski definition) is 0. The minimum absolute atomic E-state index is 0.173. The number of nitrogens with zero attached hydrogens (tertiary/aromatic N) is 2. The molecular weight excluding hydrogens is 340 g/mol. The van der Waals surface area contributed by atoms with E-state index in [1.807, 2.05) is 61.5 Å². The molecule has 4 rings (SSSR count). The summed E-state index contributed by atoms with van der Waals surface area (Å²) in [7, 11) is 0. The van der Waals surface area contributed by atoms with Gasteiger partial charge in [-0.15, -0.1) is 0 Å². The lowest BCUT2D eigenvalue weighted by Gasteiger charge is -2.58. The first-order valence-electron chi connectivity index (χ1n) is 9.19. The van der Waals surface area contributed by atoms with Crippen molar-refractivity contribution in [2.45, 2.75) is 18.1 Å². The van der Waals surface area contributed by atoms with Crippen LogP contribution in [0.2, 0.25) is 0 Å². The van der Waals surface area contributed by atoms with Crippen molar-refractivity contribution in [1.82, 2.24) is 4.90 Å². The molecule has 0 aromatic heterocycles. The second-order valence-electron chi connectivity index (χ2n) is 7.10. The van der Waals surface area contributed by atoms with Crippen LogP contribution >= 0.6 is 0 Å². The minimum Gasteiger partial charge on any atom is -0.379 e. The fourth-order valence-corrected chi connectivity index (χ4v) is 4.08. The highest BCUT2D eigenvalue weighted by Gasteiger charge is 2.70. The van der Waals surface area contributed by atoms with Crippen molar-refractivity contribution in [3.05, 3.63) is 71.3 Å². The largest absolute Gasteiger partial charge is 0.379 e. The van der Waals surface area contributed by atoms with Crippen LogP contribution < -0.4 is 0 Å². The van der Waals surface area contributed by atoms with Crippen LogP contribution in [0.15, 0.2) is 54.6 Å². The van der Waals surface area contributed by atoms with Gasteiger partial charge in [0.05, 0.1) is 25.9 Å². The maximum absolute atomic E-state index is 13.7. The van der Waals surface area contributed by atoms with Gasteiger partial charge in [0.15, 0.2) is 11.1 Å². The van der Waals surface area contributed by atoms with Crippen molar-refractivity contribution in [1.29, 1.82) is 5.26 Å². The third-order valence-corrected chi connectivity index (χ3v) is 5.63. The zero-order valence-corrected chi connectivity index (χ0v) is 15.4. The van der Waals surface area contributed by atoms with E-state index in [0.717, 1.165) is 11.1 Å². The van der Waals surface area contributed by atoms with Gasteiger partial charge in [0.25, 0.3) is 0 Å². The second kappa shape index (κ2) is 6.90. The summed E-state index contributed by atoms with van der Waals surface area (Å²) in [6, 6.07) is 19.3. The van der Waals surface area contributed by atoms with E-state index in [1.165, 1.54) is 0 Å². The lowest BCUT2D eigenvalue weighted by molar-refractivity contribution is -0.236. The number of carbonyl (C=O) groups excluding carboxylic acids is 1. The van der Waals surface area contributed by atoms with Gasteiger partial charge in [0.2, 0.25) is 5.78 Å². The number of rotatable bonds is 4. The Kier molecular flexibility index (Phi) is 4.56. The number of morpholine rings is 1. The zero-order valence-electron chi connectivity index (χ0n) is 15.4. The smallest absolute Gasteiger partial charge is 0.202 e. The summed E-state index contributed by atoms with van der Waals surface area (Å²) in [5, 5.41) is 10.3. The quantitative estimate of drug-likeness (QED) is 0.783.